The molecule has 8 nitrogen and oxygen atoms in total. The third-order valence-corrected chi connectivity index (χ3v) is 4.84. The molecule has 0 saturated carbocycles. The number of carbonyl (C=O) groups is 1. The summed E-state index contributed by atoms with van der Waals surface area (Å²) in [6.45, 7) is 7.30. The Labute approximate surface area is 130 Å². The van der Waals surface area contributed by atoms with Gasteiger partial charge < -0.3 is 14.3 Å². The van der Waals surface area contributed by atoms with Crippen molar-refractivity contribution in [1.82, 2.24) is 15.0 Å². The molecular formula is C13H22N4O4S. The second-order valence-electron chi connectivity index (χ2n) is 5.38. The average Bonchev–Trinajstić information content (AvgIpc) is 2.89. The van der Waals surface area contributed by atoms with Gasteiger partial charge in [-0.2, -0.15) is 0 Å². The largest absolute Gasteiger partial charge is 0.360 e. The lowest BCUT2D eigenvalue weighted by Crippen LogP contribution is -2.51. The Hall–Kier alpha value is -1.61. The normalized spacial score (nSPS) is 16.8. The third-order valence-electron chi connectivity index (χ3n) is 3.72. The van der Waals surface area contributed by atoms with Crippen molar-refractivity contribution in [2.75, 3.05) is 49.8 Å². The minimum atomic E-state index is -3.60. The number of rotatable bonds is 5. The summed E-state index contributed by atoms with van der Waals surface area (Å²) < 4.78 is 29.7. The van der Waals surface area contributed by atoms with Crippen molar-refractivity contribution in [3.05, 3.63) is 11.8 Å². The fourth-order valence-electron chi connectivity index (χ4n) is 2.38. The van der Waals surface area contributed by atoms with Crippen LogP contribution in [0.2, 0.25) is 0 Å². The summed E-state index contributed by atoms with van der Waals surface area (Å²) >= 11 is 0. The maximum absolute atomic E-state index is 12.4. The highest BCUT2D eigenvalue weighted by molar-refractivity contribution is 7.92. The first-order chi connectivity index (χ1) is 10.3. The maximum Gasteiger partial charge on any atom is 0.243 e. The molecular weight excluding hydrogens is 308 g/mol. The number of aryl methyl sites for hydroxylation is 1. The maximum atomic E-state index is 12.4. The van der Waals surface area contributed by atoms with Gasteiger partial charge >= 0.3 is 0 Å². The number of hydrogen-bond acceptors (Lipinski definition) is 6. The summed E-state index contributed by atoms with van der Waals surface area (Å²) in [6.07, 6.45) is 1.05. The molecule has 9 heteroatoms. The van der Waals surface area contributed by atoms with Crippen LogP contribution in [-0.4, -0.2) is 74.8 Å². The molecule has 22 heavy (non-hydrogen) atoms. The number of sulfonamides is 1. The lowest BCUT2D eigenvalue weighted by atomic mass is 10.3. The molecule has 0 atom stereocenters. The van der Waals surface area contributed by atoms with Crippen molar-refractivity contribution >= 4 is 21.7 Å². The second kappa shape index (κ2) is 6.66. The van der Waals surface area contributed by atoms with E-state index in [4.69, 9.17) is 4.52 Å². The van der Waals surface area contributed by atoms with Crippen LogP contribution in [0.4, 0.5) is 5.82 Å². The van der Waals surface area contributed by atoms with Gasteiger partial charge in [0.05, 0.1) is 6.26 Å². The van der Waals surface area contributed by atoms with Gasteiger partial charge in [-0.3, -0.25) is 4.79 Å². The molecule has 1 aromatic heterocycles. The number of amides is 1. The van der Waals surface area contributed by atoms with Crippen LogP contribution in [0.3, 0.4) is 0 Å². The van der Waals surface area contributed by atoms with Gasteiger partial charge in [0.25, 0.3) is 0 Å². The van der Waals surface area contributed by atoms with Crippen LogP contribution in [0.5, 0.6) is 0 Å². The van der Waals surface area contributed by atoms with E-state index in [0.717, 1.165) is 30.2 Å². The van der Waals surface area contributed by atoms with Gasteiger partial charge in [-0.15, -0.1) is 0 Å². The fraction of sp³-hybridized carbons (Fsp3) is 0.692. The molecule has 0 unspecified atom stereocenters. The highest BCUT2D eigenvalue weighted by atomic mass is 32.2. The quantitative estimate of drug-likeness (QED) is 0.750. The van der Waals surface area contributed by atoms with Crippen molar-refractivity contribution < 1.29 is 17.7 Å². The summed E-state index contributed by atoms with van der Waals surface area (Å²) in [5.41, 5.74) is 0. The van der Waals surface area contributed by atoms with E-state index in [9.17, 15) is 13.2 Å². The van der Waals surface area contributed by atoms with Crippen molar-refractivity contribution in [2.24, 2.45) is 0 Å². The van der Waals surface area contributed by atoms with E-state index in [1.165, 1.54) is 6.07 Å². The van der Waals surface area contributed by atoms with Crippen molar-refractivity contribution in [3.63, 3.8) is 0 Å². The molecule has 0 aromatic carbocycles. The first kappa shape index (κ1) is 16.8. The molecule has 0 N–H and O–H groups in total. The van der Waals surface area contributed by atoms with Crippen LogP contribution in [0.25, 0.3) is 0 Å². The van der Waals surface area contributed by atoms with Gasteiger partial charge in [-0.05, 0) is 13.5 Å². The van der Waals surface area contributed by atoms with E-state index >= 15 is 0 Å². The highest BCUT2D eigenvalue weighted by Gasteiger charge is 2.27. The smallest absolute Gasteiger partial charge is 0.243 e. The van der Waals surface area contributed by atoms with Crippen molar-refractivity contribution in [2.45, 2.75) is 13.8 Å². The second-order valence-corrected chi connectivity index (χ2v) is 7.29. The minimum absolute atomic E-state index is 0.139. The minimum Gasteiger partial charge on any atom is -0.360 e. The number of likely N-dealkylation sites (N-methyl/N-ethyl adjacent to an activating group) is 1. The van der Waals surface area contributed by atoms with Crippen LogP contribution in [-0.2, 0) is 14.8 Å². The molecule has 1 aromatic rings. The average molecular weight is 330 g/mol. The van der Waals surface area contributed by atoms with Gasteiger partial charge in [0.15, 0.2) is 5.82 Å². The SMILES string of the molecule is CCN1CCN(C(=O)CN(c2cc(C)on2)S(C)(=O)=O)CC1. The number of anilines is 1. The topological polar surface area (TPSA) is 87.0 Å². The Balaban J connectivity index is 2.07. The van der Waals surface area contributed by atoms with E-state index in [2.05, 4.69) is 17.0 Å². The van der Waals surface area contributed by atoms with Crippen molar-refractivity contribution in [3.8, 4) is 0 Å². The van der Waals surface area contributed by atoms with Gasteiger partial charge in [-0.25, -0.2) is 12.7 Å². The molecule has 2 rings (SSSR count). The van der Waals surface area contributed by atoms with Crippen LogP contribution >= 0.6 is 0 Å². The number of hydrogen-bond donors (Lipinski definition) is 0. The summed E-state index contributed by atoms with van der Waals surface area (Å²) in [7, 11) is -3.60. The first-order valence-electron chi connectivity index (χ1n) is 7.22. The molecule has 0 spiro atoms. The zero-order valence-electron chi connectivity index (χ0n) is 13.2. The van der Waals surface area contributed by atoms with E-state index in [1.807, 2.05) is 0 Å². The zero-order valence-corrected chi connectivity index (χ0v) is 14.0. The summed E-state index contributed by atoms with van der Waals surface area (Å²) in [5, 5.41) is 3.70. The molecule has 2 heterocycles. The molecule has 1 saturated heterocycles. The number of carbonyl (C=O) groups excluding carboxylic acids is 1. The fourth-order valence-corrected chi connectivity index (χ4v) is 3.15. The van der Waals surface area contributed by atoms with Crippen LogP contribution in [0.15, 0.2) is 10.6 Å². The Bertz CT molecular complexity index is 620. The molecule has 124 valence electrons. The molecule has 1 aliphatic heterocycles. The van der Waals surface area contributed by atoms with Gasteiger partial charge in [-0.1, -0.05) is 12.1 Å². The van der Waals surface area contributed by atoms with E-state index in [0.29, 0.717) is 18.8 Å². The summed E-state index contributed by atoms with van der Waals surface area (Å²) in [4.78, 5) is 16.3. The summed E-state index contributed by atoms with van der Waals surface area (Å²) in [5.74, 6) is 0.412. The number of piperazine rings is 1. The molecule has 0 radical (unpaired) electrons. The molecule has 1 aliphatic rings. The Morgan fingerprint density at radius 3 is 2.45 bits per heavy atom. The molecule has 0 bridgehead atoms. The van der Waals surface area contributed by atoms with E-state index in [1.54, 1.807) is 11.8 Å². The number of nitrogens with zero attached hydrogens (tertiary/aromatic N) is 4. The lowest BCUT2D eigenvalue weighted by molar-refractivity contribution is -0.131. The lowest BCUT2D eigenvalue weighted by Gasteiger charge is -2.34. The Morgan fingerprint density at radius 2 is 2.00 bits per heavy atom. The zero-order chi connectivity index (χ0) is 16.3. The van der Waals surface area contributed by atoms with Gasteiger partial charge in [0.2, 0.25) is 15.9 Å². The Morgan fingerprint density at radius 1 is 1.36 bits per heavy atom. The molecule has 0 aliphatic carbocycles. The van der Waals surface area contributed by atoms with Crippen LogP contribution < -0.4 is 4.31 Å². The van der Waals surface area contributed by atoms with Gasteiger partial charge in [0.1, 0.15) is 12.3 Å². The van der Waals surface area contributed by atoms with E-state index < -0.39 is 10.0 Å². The summed E-state index contributed by atoms with van der Waals surface area (Å²) in [6, 6.07) is 1.50. The van der Waals surface area contributed by atoms with Crippen LogP contribution in [0.1, 0.15) is 12.7 Å². The van der Waals surface area contributed by atoms with Crippen molar-refractivity contribution in [1.29, 1.82) is 0 Å². The molecule has 1 fully saturated rings. The van der Waals surface area contributed by atoms with Crippen LogP contribution in [0, 0.1) is 6.92 Å². The predicted octanol–water partition coefficient (Wildman–Crippen LogP) is -0.0869. The number of aromatic nitrogens is 1. The third kappa shape index (κ3) is 3.98. The first-order valence-corrected chi connectivity index (χ1v) is 9.07. The van der Waals surface area contributed by atoms with Gasteiger partial charge in [0, 0.05) is 32.2 Å². The monoisotopic (exact) mass is 330 g/mol. The highest BCUT2D eigenvalue weighted by Crippen LogP contribution is 2.17. The molecule has 1 amide bonds. The Kier molecular flexibility index (Phi) is 5.07. The van der Waals surface area contributed by atoms with E-state index in [-0.39, 0.29) is 18.3 Å². The standard InChI is InChI=1S/C13H22N4O4S/c1-4-15-5-7-16(8-6-15)13(18)10-17(22(3,19)20)12-9-11(2)21-14-12/h9H,4-8,10H2,1-3H3. The predicted molar refractivity (Wildman–Crippen MR) is 82.1 cm³/mol.